The van der Waals surface area contributed by atoms with Gasteiger partial charge in [-0.3, -0.25) is 9.78 Å². The number of aromatic nitrogens is 1. The lowest BCUT2D eigenvalue weighted by atomic mass is 9.96. The van der Waals surface area contributed by atoms with Gasteiger partial charge in [-0.15, -0.1) is 12.4 Å². The Hall–Kier alpha value is -2.07. The number of carbonyl (C=O) groups excluding carboxylic acids is 1. The molecule has 0 atom stereocenters. The summed E-state index contributed by atoms with van der Waals surface area (Å²) in [5.41, 5.74) is 13.1. The molecule has 1 heterocycles. The van der Waals surface area contributed by atoms with Crippen LogP contribution in [-0.4, -0.2) is 10.9 Å². The molecule has 0 saturated heterocycles. The van der Waals surface area contributed by atoms with Crippen molar-refractivity contribution in [3.05, 3.63) is 86.5 Å². The Bertz CT molecular complexity index is 1030. The summed E-state index contributed by atoms with van der Waals surface area (Å²) in [5.74, 6) is -0.315. The van der Waals surface area contributed by atoms with Crippen molar-refractivity contribution in [1.29, 1.82) is 0 Å². The van der Waals surface area contributed by atoms with Gasteiger partial charge in [0.15, 0.2) is 0 Å². The Balaban J connectivity index is 0.00000240. The van der Waals surface area contributed by atoms with E-state index in [0.29, 0.717) is 10.0 Å². The molecule has 3 aromatic rings. The Kier molecular flexibility index (Phi) is 6.84. The number of hydrogen-bond donors (Lipinski definition) is 1. The molecule has 3 nitrogen and oxygen atoms in total. The smallest absolute Gasteiger partial charge is 0.221 e. The maximum absolute atomic E-state index is 11.1. The molecule has 0 unspecified atom stereocenters. The molecule has 1 aromatic heterocycles. The first-order valence-electron chi connectivity index (χ1n) is 9.32. The molecule has 0 saturated carbocycles. The second-order valence-electron chi connectivity index (χ2n) is 7.24. The van der Waals surface area contributed by atoms with Crippen LogP contribution < -0.4 is 5.73 Å². The molecular formula is C23H21Cl3N2O. The molecule has 0 fully saturated rings. The van der Waals surface area contributed by atoms with Crippen molar-refractivity contribution in [2.24, 2.45) is 5.73 Å². The first kappa shape index (κ1) is 21.6. The van der Waals surface area contributed by atoms with Gasteiger partial charge in [0.05, 0.1) is 12.1 Å². The third-order valence-corrected chi connectivity index (χ3v) is 5.53. The van der Waals surface area contributed by atoms with Gasteiger partial charge in [0.25, 0.3) is 0 Å². The molecule has 1 amide bonds. The van der Waals surface area contributed by atoms with Crippen LogP contribution in [0.1, 0.15) is 34.4 Å². The second-order valence-corrected chi connectivity index (χ2v) is 8.11. The third-order valence-electron chi connectivity index (χ3n) is 5.10. The number of carbonyl (C=O) groups is 1. The SMILES string of the molecule is Cl.NC(=O)Cc1ccc(Cc2cc(-c3cc(Cl)cc(Cl)c3)nc3c2CCC3)cc1. The van der Waals surface area contributed by atoms with Gasteiger partial charge in [-0.05, 0) is 72.2 Å². The van der Waals surface area contributed by atoms with Crippen LogP contribution in [0.4, 0.5) is 0 Å². The highest BCUT2D eigenvalue weighted by Crippen LogP contribution is 2.32. The van der Waals surface area contributed by atoms with Crippen LogP contribution in [0.15, 0.2) is 48.5 Å². The summed E-state index contributed by atoms with van der Waals surface area (Å²) < 4.78 is 0. The number of nitrogens with zero attached hydrogens (tertiary/aromatic N) is 1. The van der Waals surface area contributed by atoms with Crippen LogP contribution in [-0.2, 0) is 30.5 Å². The highest BCUT2D eigenvalue weighted by atomic mass is 35.5. The molecule has 0 radical (unpaired) electrons. The summed E-state index contributed by atoms with van der Waals surface area (Å²) in [6.45, 7) is 0. The standard InChI is InChI=1S/C23H20Cl2N2O.ClH/c24-18-10-17(11-19(25)13-18)22-12-16(20-2-1-3-21(20)27-22)8-14-4-6-15(7-5-14)9-23(26)28;/h4-7,10-13H,1-3,8-9H2,(H2,26,28);1H. The molecule has 29 heavy (non-hydrogen) atoms. The van der Waals surface area contributed by atoms with Crippen molar-refractivity contribution in [3.63, 3.8) is 0 Å². The van der Waals surface area contributed by atoms with E-state index >= 15 is 0 Å². The van der Waals surface area contributed by atoms with Gasteiger partial charge >= 0.3 is 0 Å². The minimum absolute atomic E-state index is 0. The van der Waals surface area contributed by atoms with Crippen LogP contribution in [0.5, 0.6) is 0 Å². The number of nitrogens with two attached hydrogens (primary N) is 1. The fourth-order valence-electron chi connectivity index (χ4n) is 3.83. The zero-order valence-corrected chi connectivity index (χ0v) is 18.1. The van der Waals surface area contributed by atoms with Crippen LogP contribution in [0.3, 0.4) is 0 Å². The van der Waals surface area contributed by atoms with E-state index in [9.17, 15) is 4.79 Å². The highest BCUT2D eigenvalue weighted by Gasteiger charge is 2.19. The predicted octanol–water partition coefficient (Wildman–Crippen LogP) is 5.58. The fourth-order valence-corrected chi connectivity index (χ4v) is 4.36. The summed E-state index contributed by atoms with van der Waals surface area (Å²) in [4.78, 5) is 16.0. The van der Waals surface area contributed by atoms with Gasteiger partial charge in [0.2, 0.25) is 5.91 Å². The molecule has 0 spiro atoms. The molecule has 4 rings (SSSR count). The van der Waals surface area contributed by atoms with E-state index < -0.39 is 0 Å². The van der Waals surface area contributed by atoms with Gasteiger partial charge in [-0.2, -0.15) is 0 Å². The monoisotopic (exact) mass is 446 g/mol. The fraction of sp³-hybridized carbons (Fsp3) is 0.217. The molecule has 150 valence electrons. The van der Waals surface area contributed by atoms with Gasteiger partial charge in [-0.25, -0.2) is 0 Å². The summed E-state index contributed by atoms with van der Waals surface area (Å²) in [7, 11) is 0. The van der Waals surface area contributed by atoms with Crippen molar-refractivity contribution in [2.75, 3.05) is 0 Å². The Morgan fingerprint density at radius 1 is 0.966 bits per heavy atom. The van der Waals surface area contributed by atoms with Crippen molar-refractivity contribution >= 4 is 41.5 Å². The van der Waals surface area contributed by atoms with Gasteiger partial charge in [-0.1, -0.05) is 47.5 Å². The van der Waals surface area contributed by atoms with E-state index in [0.717, 1.165) is 42.5 Å². The summed E-state index contributed by atoms with van der Waals surface area (Å²) in [6.07, 6.45) is 4.29. The Morgan fingerprint density at radius 2 is 1.62 bits per heavy atom. The van der Waals surface area contributed by atoms with Crippen molar-refractivity contribution in [3.8, 4) is 11.3 Å². The third kappa shape index (κ3) is 5.11. The average Bonchev–Trinajstić information content (AvgIpc) is 3.11. The number of halogens is 3. The number of fused-ring (bicyclic) bond motifs is 1. The summed E-state index contributed by atoms with van der Waals surface area (Å²) in [5, 5.41) is 1.22. The number of primary amides is 1. The molecule has 1 aliphatic carbocycles. The molecule has 2 aromatic carbocycles. The largest absolute Gasteiger partial charge is 0.369 e. The highest BCUT2D eigenvalue weighted by molar-refractivity contribution is 6.35. The Labute approximate surface area is 186 Å². The lowest BCUT2D eigenvalue weighted by Gasteiger charge is -2.13. The zero-order chi connectivity index (χ0) is 19.7. The molecule has 2 N–H and O–H groups in total. The number of aryl methyl sites for hydroxylation is 1. The number of benzene rings is 2. The molecule has 6 heteroatoms. The van der Waals surface area contributed by atoms with Crippen LogP contribution in [0.2, 0.25) is 10.0 Å². The lowest BCUT2D eigenvalue weighted by Crippen LogP contribution is -2.13. The normalized spacial score (nSPS) is 12.3. The molecule has 0 bridgehead atoms. The minimum atomic E-state index is -0.315. The van der Waals surface area contributed by atoms with Gasteiger partial charge in [0.1, 0.15) is 0 Å². The first-order valence-corrected chi connectivity index (χ1v) is 10.1. The topological polar surface area (TPSA) is 56.0 Å². The Morgan fingerprint density at radius 3 is 2.28 bits per heavy atom. The van der Waals surface area contributed by atoms with Gasteiger partial charge in [0, 0.05) is 21.3 Å². The zero-order valence-electron chi connectivity index (χ0n) is 15.8. The van der Waals surface area contributed by atoms with Crippen LogP contribution >= 0.6 is 35.6 Å². The number of hydrogen-bond acceptors (Lipinski definition) is 2. The maximum Gasteiger partial charge on any atom is 0.221 e. The maximum atomic E-state index is 11.1. The van der Waals surface area contributed by atoms with Crippen molar-refractivity contribution in [1.82, 2.24) is 4.98 Å². The molecule has 0 aliphatic heterocycles. The van der Waals surface area contributed by atoms with E-state index in [-0.39, 0.29) is 24.7 Å². The van der Waals surface area contributed by atoms with Crippen LogP contribution in [0, 0.1) is 0 Å². The predicted molar refractivity (Wildman–Crippen MR) is 121 cm³/mol. The van der Waals surface area contributed by atoms with E-state index in [1.165, 1.54) is 22.4 Å². The van der Waals surface area contributed by atoms with E-state index in [1.54, 1.807) is 6.07 Å². The minimum Gasteiger partial charge on any atom is -0.369 e. The van der Waals surface area contributed by atoms with Crippen LogP contribution in [0.25, 0.3) is 11.3 Å². The van der Waals surface area contributed by atoms with Gasteiger partial charge < -0.3 is 5.73 Å². The second kappa shape index (κ2) is 9.17. The average molecular weight is 448 g/mol. The van der Waals surface area contributed by atoms with E-state index in [4.69, 9.17) is 33.9 Å². The number of pyridine rings is 1. The van der Waals surface area contributed by atoms with E-state index in [2.05, 4.69) is 18.2 Å². The number of amides is 1. The van der Waals surface area contributed by atoms with Crippen molar-refractivity contribution in [2.45, 2.75) is 32.1 Å². The number of rotatable bonds is 5. The first-order chi connectivity index (χ1) is 13.5. The molecular weight excluding hydrogens is 427 g/mol. The summed E-state index contributed by atoms with van der Waals surface area (Å²) >= 11 is 12.4. The molecule has 1 aliphatic rings. The van der Waals surface area contributed by atoms with E-state index in [1.807, 2.05) is 24.3 Å². The quantitative estimate of drug-likeness (QED) is 0.554. The van der Waals surface area contributed by atoms with Crippen molar-refractivity contribution < 1.29 is 4.79 Å². The summed E-state index contributed by atoms with van der Waals surface area (Å²) in [6, 6.07) is 15.8. The lowest BCUT2D eigenvalue weighted by molar-refractivity contribution is -0.117.